The Labute approximate surface area is 185 Å². The fourth-order valence-electron chi connectivity index (χ4n) is 3.34. The summed E-state index contributed by atoms with van der Waals surface area (Å²) >= 11 is 0. The molecule has 0 heterocycles. The highest BCUT2D eigenvalue weighted by molar-refractivity contribution is 7.85. The van der Waals surface area contributed by atoms with Gasteiger partial charge in [-0.2, -0.15) is 13.5 Å². The largest absolute Gasteiger partial charge is 0.497 e. The standard InChI is InChI=1S/C23H21FN2O5S/c1-15-6-11-21(32(28,29)30)20(23(15)17-7-9-18(24)10-8-17)14-25-26-22(27)13-16-4-3-5-19(12-16)31-2/h3-12H,13-14H2,1-2H3,(H,28,29,30). The second-order valence-electron chi connectivity index (χ2n) is 7.04. The molecular weight excluding hydrogens is 435 g/mol. The van der Waals surface area contributed by atoms with E-state index in [1.54, 1.807) is 31.2 Å². The Morgan fingerprint density at radius 1 is 1.09 bits per heavy atom. The van der Waals surface area contributed by atoms with Crippen molar-refractivity contribution < 1.29 is 26.9 Å². The van der Waals surface area contributed by atoms with Crippen molar-refractivity contribution in [1.82, 2.24) is 0 Å². The second kappa shape index (κ2) is 9.80. The Morgan fingerprint density at radius 2 is 1.81 bits per heavy atom. The highest BCUT2D eigenvalue weighted by Crippen LogP contribution is 2.33. The Balaban J connectivity index is 1.92. The molecule has 0 spiro atoms. The molecule has 0 atom stereocenters. The van der Waals surface area contributed by atoms with Gasteiger partial charge in [0.15, 0.2) is 0 Å². The van der Waals surface area contributed by atoms with E-state index in [4.69, 9.17) is 4.74 Å². The molecule has 1 N–H and O–H groups in total. The van der Waals surface area contributed by atoms with Gasteiger partial charge in [0.05, 0.1) is 25.0 Å². The van der Waals surface area contributed by atoms with E-state index < -0.39 is 21.8 Å². The Hall–Kier alpha value is -3.43. The number of ether oxygens (including phenoxy) is 1. The second-order valence-corrected chi connectivity index (χ2v) is 8.43. The predicted molar refractivity (Wildman–Crippen MR) is 117 cm³/mol. The van der Waals surface area contributed by atoms with Crippen LogP contribution < -0.4 is 4.74 Å². The smallest absolute Gasteiger partial charge is 0.294 e. The first-order valence-electron chi connectivity index (χ1n) is 9.58. The summed E-state index contributed by atoms with van der Waals surface area (Å²) < 4.78 is 52.1. The number of halogens is 1. The highest BCUT2D eigenvalue weighted by atomic mass is 32.2. The molecule has 0 fully saturated rings. The number of methoxy groups -OCH3 is 1. The molecule has 9 heteroatoms. The van der Waals surface area contributed by atoms with Crippen LogP contribution in [-0.4, -0.2) is 26.0 Å². The maximum atomic E-state index is 13.4. The van der Waals surface area contributed by atoms with Crippen LogP contribution in [0.2, 0.25) is 0 Å². The molecule has 1 amide bonds. The van der Waals surface area contributed by atoms with Crippen LogP contribution in [0, 0.1) is 12.7 Å². The molecule has 0 radical (unpaired) electrons. The number of azo groups is 1. The minimum absolute atomic E-state index is 0.00943. The van der Waals surface area contributed by atoms with Gasteiger partial charge in [-0.25, -0.2) is 4.39 Å². The van der Waals surface area contributed by atoms with Gasteiger partial charge in [0, 0.05) is 5.56 Å². The number of carbonyl (C=O) groups is 1. The lowest BCUT2D eigenvalue weighted by molar-refractivity contribution is -0.117. The van der Waals surface area contributed by atoms with E-state index in [0.29, 0.717) is 28.0 Å². The number of nitrogens with zero attached hydrogens (tertiary/aromatic N) is 2. The summed E-state index contributed by atoms with van der Waals surface area (Å²) in [6, 6.07) is 15.3. The van der Waals surface area contributed by atoms with Crippen molar-refractivity contribution >= 4 is 16.0 Å². The maximum Gasteiger partial charge on any atom is 0.294 e. The van der Waals surface area contributed by atoms with Gasteiger partial charge in [-0.1, -0.05) is 30.3 Å². The van der Waals surface area contributed by atoms with Gasteiger partial charge in [0.1, 0.15) is 11.6 Å². The summed E-state index contributed by atoms with van der Waals surface area (Å²) in [5.41, 5.74) is 2.56. The first-order chi connectivity index (χ1) is 15.2. The highest BCUT2D eigenvalue weighted by Gasteiger charge is 2.21. The number of hydrogen-bond acceptors (Lipinski definition) is 5. The van der Waals surface area contributed by atoms with E-state index >= 15 is 0 Å². The van der Waals surface area contributed by atoms with E-state index in [9.17, 15) is 22.2 Å². The molecule has 0 saturated heterocycles. The quantitative estimate of drug-likeness (QED) is 0.407. The summed E-state index contributed by atoms with van der Waals surface area (Å²) in [7, 11) is -3.05. The normalized spacial score (nSPS) is 11.6. The van der Waals surface area contributed by atoms with Crippen molar-refractivity contribution in [2.45, 2.75) is 24.8 Å². The minimum Gasteiger partial charge on any atom is -0.497 e. The summed E-state index contributed by atoms with van der Waals surface area (Å²) in [4.78, 5) is 11.9. The number of rotatable bonds is 7. The van der Waals surface area contributed by atoms with Gasteiger partial charge in [0.2, 0.25) is 0 Å². The van der Waals surface area contributed by atoms with Crippen molar-refractivity contribution in [3.63, 3.8) is 0 Å². The van der Waals surface area contributed by atoms with Gasteiger partial charge in [0.25, 0.3) is 16.0 Å². The molecule has 3 aromatic carbocycles. The van der Waals surface area contributed by atoms with Crippen LogP contribution in [-0.2, 0) is 27.9 Å². The molecule has 7 nitrogen and oxygen atoms in total. The van der Waals surface area contributed by atoms with Gasteiger partial charge in [-0.15, -0.1) is 5.11 Å². The maximum absolute atomic E-state index is 13.4. The average Bonchev–Trinajstić information content (AvgIpc) is 2.74. The molecular formula is C23H21FN2O5S. The molecule has 0 aliphatic heterocycles. The molecule has 0 aliphatic rings. The third-order valence-corrected chi connectivity index (χ3v) is 5.73. The SMILES string of the molecule is COc1cccc(CC(=O)N=NCc2c(S(=O)(=O)O)ccc(C)c2-c2ccc(F)cc2)c1. The van der Waals surface area contributed by atoms with E-state index in [2.05, 4.69) is 10.2 Å². The lowest BCUT2D eigenvalue weighted by atomic mass is 9.95. The van der Waals surface area contributed by atoms with Crippen molar-refractivity contribution in [3.05, 3.63) is 83.2 Å². The summed E-state index contributed by atoms with van der Waals surface area (Å²) in [6.45, 7) is 1.48. The number of hydrogen-bond donors (Lipinski definition) is 1. The van der Waals surface area contributed by atoms with Gasteiger partial charge >= 0.3 is 0 Å². The molecule has 0 aliphatic carbocycles. The molecule has 3 rings (SSSR count). The molecule has 0 saturated carbocycles. The van der Waals surface area contributed by atoms with Crippen LogP contribution in [0.3, 0.4) is 0 Å². The number of benzene rings is 3. The van der Waals surface area contributed by atoms with E-state index in [1.165, 1.54) is 43.5 Å². The Morgan fingerprint density at radius 3 is 2.47 bits per heavy atom. The van der Waals surface area contributed by atoms with Crippen LogP contribution in [0.4, 0.5) is 4.39 Å². The van der Waals surface area contributed by atoms with Crippen LogP contribution in [0.5, 0.6) is 5.75 Å². The minimum atomic E-state index is -4.57. The first kappa shape index (κ1) is 23.2. The lowest BCUT2D eigenvalue weighted by Gasteiger charge is -2.15. The molecule has 0 aromatic heterocycles. The lowest BCUT2D eigenvalue weighted by Crippen LogP contribution is -2.06. The number of aryl methyl sites for hydroxylation is 1. The first-order valence-corrected chi connectivity index (χ1v) is 11.0. The average molecular weight is 456 g/mol. The monoisotopic (exact) mass is 456 g/mol. The zero-order valence-corrected chi connectivity index (χ0v) is 18.3. The van der Waals surface area contributed by atoms with Crippen LogP contribution in [0.1, 0.15) is 16.7 Å². The van der Waals surface area contributed by atoms with Crippen molar-refractivity contribution in [2.24, 2.45) is 10.2 Å². The van der Waals surface area contributed by atoms with E-state index in [1.807, 2.05) is 0 Å². The zero-order valence-electron chi connectivity index (χ0n) is 17.4. The third kappa shape index (κ3) is 5.63. The Kier molecular flexibility index (Phi) is 7.12. The summed E-state index contributed by atoms with van der Waals surface area (Å²) in [6.07, 6.45) is -0.00943. The van der Waals surface area contributed by atoms with Crippen molar-refractivity contribution in [1.29, 1.82) is 0 Å². The molecule has 32 heavy (non-hydrogen) atoms. The van der Waals surface area contributed by atoms with Gasteiger partial charge < -0.3 is 4.74 Å². The van der Waals surface area contributed by atoms with Gasteiger partial charge in [-0.05, 0) is 59.5 Å². The van der Waals surface area contributed by atoms with E-state index in [0.717, 1.165) is 0 Å². The Bertz CT molecular complexity index is 1270. The number of amides is 1. The van der Waals surface area contributed by atoms with Gasteiger partial charge in [-0.3, -0.25) is 9.35 Å². The fourth-order valence-corrected chi connectivity index (χ4v) is 4.06. The van der Waals surface area contributed by atoms with Crippen LogP contribution in [0.25, 0.3) is 11.1 Å². The fraction of sp³-hybridized carbons (Fsp3) is 0.174. The zero-order chi connectivity index (χ0) is 23.3. The summed E-state index contributed by atoms with van der Waals surface area (Å²) in [5.74, 6) is -0.363. The van der Waals surface area contributed by atoms with Crippen LogP contribution in [0.15, 0.2) is 75.8 Å². The third-order valence-electron chi connectivity index (χ3n) is 4.79. The van der Waals surface area contributed by atoms with Crippen LogP contribution >= 0.6 is 0 Å². The predicted octanol–water partition coefficient (Wildman–Crippen LogP) is 4.78. The summed E-state index contributed by atoms with van der Waals surface area (Å²) in [5, 5.41) is 7.57. The van der Waals surface area contributed by atoms with Crippen molar-refractivity contribution in [3.8, 4) is 16.9 Å². The molecule has 3 aromatic rings. The molecule has 166 valence electrons. The molecule has 0 bridgehead atoms. The topological polar surface area (TPSA) is 105 Å². The van der Waals surface area contributed by atoms with E-state index in [-0.39, 0.29) is 23.4 Å². The number of carbonyl (C=O) groups excluding carboxylic acids is 1. The van der Waals surface area contributed by atoms with Crippen molar-refractivity contribution in [2.75, 3.05) is 7.11 Å². The molecule has 0 unspecified atom stereocenters.